The Bertz CT molecular complexity index is 565. The molecule has 2 rings (SSSR count). The van der Waals surface area contributed by atoms with Crippen molar-refractivity contribution in [1.82, 2.24) is 14.5 Å². The monoisotopic (exact) mass is 295 g/mol. The van der Waals surface area contributed by atoms with E-state index in [2.05, 4.69) is 4.98 Å². The summed E-state index contributed by atoms with van der Waals surface area (Å²) in [6.07, 6.45) is 3.20. The van der Waals surface area contributed by atoms with Crippen molar-refractivity contribution in [2.24, 2.45) is 7.05 Å². The molecule has 108 valence electrons. The number of carbonyl (C=O) groups excluding carboxylic acids is 1. The average molecular weight is 295 g/mol. The lowest BCUT2D eigenvalue weighted by Crippen LogP contribution is -2.27. The number of hydrogen-bond acceptors (Lipinski definition) is 5. The van der Waals surface area contributed by atoms with Crippen LogP contribution in [0.5, 0.6) is 0 Å². The van der Waals surface area contributed by atoms with E-state index in [0.29, 0.717) is 17.5 Å². The van der Waals surface area contributed by atoms with Crippen LogP contribution in [-0.2, 0) is 25.0 Å². The summed E-state index contributed by atoms with van der Waals surface area (Å²) in [5, 5.41) is 9.80. The Kier molecular flexibility index (Phi) is 4.86. The molecule has 6 nitrogen and oxygen atoms in total. The molecular formula is C13H17N3O3S. The fourth-order valence-corrected chi connectivity index (χ4v) is 2.58. The normalized spacial score (nSPS) is 10.8. The number of nitrogens with zero attached hydrogens (tertiary/aromatic N) is 3. The number of aliphatic hydroxyl groups excluding tert-OH is 1. The maximum absolute atomic E-state index is 12.0. The van der Waals surface area contributed by atoms with E-state index in [1.807, 2.05) is 13.1 Å². The van der Waals surface area contributed by atoms with Gasteiger partial charge in [-0.1, -0.05) is 11.8 Å². The number of thioether (sulfide) groups is 1. The van der Waals surface area contributed by atoms with Gasteiger partial charge in [0.05, 0.1) is 37.1 Å². The maximum Gasteiger partial charge on any atom is 0.233 e. The van der Waals surface area contributed by atoms with Crippen molar-refractivity contribution in [1.29, 1.82) is 0 Å². The average Bonchev–Trinajstić information content (AvgIpc) is 3.06. The second-order valence-electron chi connectivity index (χ2n) is 4.37. The number of hydrogen-bond donors (Lipinski definition) is 1. The number of amides is 1. The van der Waals surface area contributed by atoms with Crippen LogP contribution < -0.4 is 0 Å². The van der Waals surface area contributed by atoms with Gasteiger partial charge in [0, 0.05) is 14.1 Å². The van der Waals surface area contributed by atoms with E-state index in [0.717, 1.165) is 11.5 Å². The van der Waals surface area contributed by atoms with Crippen LogP contribution in [0.2, 0.25) is 0 Å². The molecule has 0 saturated heterocycles. The minimum absolute atomic E-state index is 0.0000477. The van der Waals surface area contributed by atoms with Crippen LogP contribution in [0.1, 0.15) is 11.5 Å². The molecule has 0 fully saturated rings. The number of imidazole rings is 1. The van der Waals surface area contributed by atoms with Crippen molar-refractivity contribution in [3.8, 4) is 0 Å². The molecule has 2 aromatic heterocycles. The zero-order valence-electron chi connectivity index (χ0n) is 11.4. The molecule has 0 unspecified atom stereocenters. The van der Waals surface area contributed by atoms with E-state index in [1.165, 1.54) is 11.8 Å². The van der Waals surface area contributed by atoms with E-state index >= 15 is 0 Å². The van der Waals surface area contributed by atoms with Gasteiger partial charge in [-0.2, -0.15) is 0 Å². The predicted molar refractivity (Wildman–Crippen MR) is 75.0 cm³/mol. The van der Waals surface area contributed by atoms with Gasteiger partial charge in [0.25, 0.3) is 0 Å². The molecule has 0 radical (unpaired) electrons. The van der Waals surface area contributed by atoms with Crippen LogP contribution in [0.25, 0.3) is 0 Å². The molecule has 0 atom stereocenters. The van der Waals surface area contributed by atoms with Gasteiger partial charge in [-0.05, 0) is 12.1 Å². The SMILES string of the molecule is CN(Cc1ccco1)C(=O)CSc1ncc(CO)n1C. The van der Waals surface area contributed by atoms with Gasteiger partial charge in [-0.3, -0.25) is 4.79 Å². The topological polar surface area (TPSA) is 71.5 Å². The Morgan fingerprint density at radius 1 is 1.60 bits per heavy atom. The fourth-order valence-electron chi connectivity index (χ4n) is 1.67. The molecule has 20 heavy (non-hydrogen) atoms. The van der Waals surface area contributed by atoms with E-state index in [-0.39, 0.29) is 12.5 Å². The van der Waals surface area contributed by atoms with Gasteiger partial charge in [0.1, 0.15) is 5.76 Å². The van der Waals surface area contributed by atoms with E-state index in [1.54, 1.807) is 35.0 Å². The Hall–Kier alpha value is -1.73. The third-order valence-electron chi connectivity index (χ3n) is 2.93. The standard InChI is InChI=1S/C13H17N3O3S/c1-15(7-11-4-3-5-19-11)12(18)9-20-13-14-6-10(8-17)16(13)2/h3-6,17H,7-9H2,1-2H3. The summed E-state index contributed by atoms with van der Waals surface area (Å²) < 4.78 is 6.99. The Balaban J connectivity index is 1.86. The van der Waals surface area contributed by atoms with Gasteiger partial charge in [0.15, 0.2) is 5.16 Å². The van der Waals surface area contributed by atoms with E-state index in [4.69, 9.17) is 9.52 Å². The van der Waals surface area contributed by atoms with E-state index < -0.39 is 0 Å². The smallest absolute Gasteiger partial charge is 0.233 e. The number of aromatic nitrogens is 2. The van der Waals surface area contributed by atoms with Gasteiger partial charge in [-0.15, -0.1) is 0 Å². The first kappa shape index (κ1) is 14.7. The Labute approximate surface area is 121 Å². The summed E-state index contributed by atoms with van der Waals surface area (Å²) in [4.78, 5) is 17.8. The first-order valence-electron chi connectivity index (χ1n) is 6.12. The molecule has 0 aliphatic heterocycles. The van der Waals surface area contributed by atoms with Crippen LogP contribution >= 0.6 is 11.8 Å². The summed E-state index contributed by atoms with van der Waals surface area (Å²) in [6, 6.07) is 3.63. The van der Waals surface area contributed by atoms with Crippen molar-refractivity contribution in [3.05, 3.63) is 36.0 Å². The maximum atomic E-state index is 12.0. The van der Waals surface area contributed by atoms with Crippen molar-refractivity contribution < 1.29 is 14.3 Å². The van der Waals surface area contributed by atoms with Gasteiger partial charge >= 0.3 is 0 Å². The molecular weight excluding hydrogens is 278 g/mol. The third kappa shape index (κ3) is 3.43. The number of aliphatic hydroxyl groups is 1. The first-order valence-corrected chi connectivity index (χ1v) is 7.11. The van der Waals surface area contributed by atoms with Crippen molar-refractivity contribution in [2.45, 2.75) is 18.3 Å². The minimum atomic E-state index is -0.0591. The lowest BCUT2D eigenvalue weighted by atomic mass is 10.4. The number of rotatable bonds is 6. The van der Waals surface area contributed by atoms with Crippen LogP contribution in [-0.4, -0.2) is 38.3 Å². The zero-order valence-corrected chi connectivity index (χ0v) is 12.3. The summed E-state index contributed by atoms with van der Waals surface area (Å²) in [5.41, 5.74) is 0.726. The summed E-state index contributed by atoms with van der Waals surface area (Å²) in [6.45, 7) is 0.394. The lowest BCUT2D eigenvalue weighted by Gasteiger charge is -2.15. The van der Waals surface area contributed by atoms with Crippen molar-refractivity contribution >= 4 is 17.7 Å². The van der Waals surface area contributed by atoms with Crippen LogP contribution in [0.3, 0.4) is 0 Å². The van der Waals surface area contributed by atoms with Gasteiger partial charge in [-0.25, -0.2) is 4.98 Å². The van der Waals surface area contributed by atoms with Crippen LogP contribution in [0.4, 0.5) is 0 Å². The molecule has 0 bridgehead atoms. The molecule has 7 heteroatoms. The molecule has 1 amide bonds. The zero-order chi connectivity index (χ0) is 14.5. The van der Waals surface area contributed by atoms with Crippen LogP contribution in [0, 0.1) is 0 Å². The molecule has 0 saturated carbocycles. The molecule has 0 aliphatic rings. The highest BCUT2D eigenvalue weighted by molar-refractivity contribution is 7.99. The van der Waals surface area contributed by atoms with Gasteiger partial charge < -0.3 is 19.0 Å². The quantitative estimate of drug-likeness (QED) is 0.812. The molecule has 2 aromatic rings. The highest BCUT2D eigenvalue weighted by Crippen LogP contribution is 2.18. The second kappa shape index (κ2) is 6.62. The van der Waals surface area contributed by atoms with E-state index in [9.17, 15) is 4.79 Å². The summed E-state index contributed by atoms with van der Waals surface area (Å²) >= 11 is 1.35. The van der Waals surface area contributed by atoms with Crippen LogP contribution in [0.15, 0.2) is 34.2 Å². The molecule has 0 aromatic carbocycles. The molecule has 0 aliphatic carbocycles. The van der Waals surface area contributed by atoms with Gasteiger partial charge in [0.2, 0.25) is 5.91 Å². The molecule has 1 N–H and O–H groups in total. The largest absolute Gasteiger partial charge is 0.467 e. The third-order valence-corrected chi connectivity index (χ3v) is 3.96. The summed E-state index contributed by atoms with van der Waals surface area (Å²) in [5.74, 6) is 1.05. The Morgan fingerprint density at radius 2 is 2.40 bits per heavy atom. The predicted octanol–water partition coefficient (Wildman–Crippen LogP) is 1.26. The van der Waals surface area contributed by atoms with Crippen molar-refractivity contribution in [2.75, 3.05) is 12.8 Å². The molecule has 2 heterocycles. The van der Waals surface area contributed by atoms with Crippen molar-refractivity contribution in [3.63, 3.8) is 0 Å². The lowest BCUT2D eigenvalue weighted by molar-refractivity contribution is -0.127. The fraction of sp³-hybridized carbons (Fsp3) is 0.385. The first-order chi connectivity index (χ1) is 9.61. The highest BCUT2D eigenvalue weighted by Gasteiger charge is 2.13. The highest BCUT2D eigenvalue weighted by atomic mass is 32.2. The number of carbonyl (C=O) groups is 1. The number of furan rings is 1. The summed E-state index contributed by atoms with van der Waals surface area (Å²) in [7, 11) is 3.56. The Morgan fingerprint density at radius 3 is 3.00 bits per heavy atom. The second-order valence-corrected chi connectivity index (χ2v) is 5.31. The minimum Gasteiger partial charge on any atom is -0.467 e. The molecule has 0 spiro atoms.